The molecule has 2 rings (SSSR count). The fourth-order valence-electron chi connectivity index (χ4n) is 1.16. The van der Waals surface area contributed by atoms with Crippen molar-refractivity contribution >= 4 is 33.8 Å². The van der Waals surface area contributed by atoms with Crippen LogP contribution in [0.3, 0.4) is 0 Å². The van der Waals surface area contributed by atoms with Gasteiger partial charge < -0.3 is 4.74 Å². The number of carbonyl (C=O) groups is 1. The molecule has 0 atom stereocenters. The molecule has 0 aliphatic rings. The van der Waals surface area contributed by atoms with Gasteiger partial charge in [0.15, 0.2) is 5.06 Å². The zero-order valence-electron chi connectivity index (χ0n) is 8.97. The lowest BCUT2D eigenvalue weighted by Gasteiger charge is -2.13. The number of nitrogens with zero attached hydrogens (tertiary/aromatic N) is 1. The Morgan fingerprint density at radius 2 is 2.12 bits per heavy atom. The Morgan fingerprint density at radius 1 is 1.31 bits per heavy atom. The van der Waals surface area contributed by atoms with Crippen molar-refractivity contribution in [2.75, 3.05) is 11.9 Å². The Bertz CT molecular complexity index is 476. The summed E-state index contributed by atoms with van der Waals surface area (Å²) in [5, 5.41) is 5.37. The van der Waals surface area contributed by atoms with Gasteiger partial charge >= 0.3 is 6.09 Å². The number of amides is 1. The van der Waals surface area contributed by atoms with Gasteiger partial charge in [-0.05, 0) is 35.9 Å². The zero-order chi connectivity index (χ0) is 11.5. The highest BCUT2D eigenvalue weighted by Gasteiger charge is 2.15. The van der Waals surface area contributed by atoms with Gasteiger partial charge in [0, 0.05) is 12.6 Å². The summed E-state index contributed by atoms with van der Waals surface area (Å²) in [6, 6.07) is 5.71. The summed E-state index contributed by atoms with van der Waals surface area (Å²) in [6.07, 6.45) is -0.354. The third kappa shape index (κ3) is 2.25. The van der Waals surface area contributed by atoms with Crippen molar-refractivity contribution in [3.63, 3.8) is 0 Å². The number of hydrogen-bond donors (Lipinski definition) is 0. The molecule has 0 bridgehead atoms. The van der Waals surface area contributed by atoms with Gasteiger partial charge in [-0.1, -0.05) is 0 Å². The van der Waals surface area contributed by atoms with Crippen molar-refractivity contribution in [3.8, 4) is 5.06 Å². The molecule has 0 N–H and O–H groups in total. The summed E-state index contributed by atoms with van der Waals surface area (Å²) >= 11 is 2.93. The van der Waals surface area contributed by atoms with Crippen LogP contribution in [0.5, 0.6) is 5.06 Å². The Balaban J connectivity index is 2.07. The largest absolute Gasteiger partial charge is 0.420 e. The Hall–Kier alpha value is -1.33. The van der Waals surface area contributed by atoms with E-state index in [1.807, 2.05) is 35.9 Å². The number of rotatable bonds is 2. The molecule has 1 amide bonds. The molecular formula is C11H11NO2S2. The number of ether oxygens (including phenoxy) is 1. The zero-order valence-corrected chi connectivity index (χ0v) is 10.6. The predicted molar refractivity (Wildman–Crippen MR) is 67.8 cm³/mol. The summed E-state index contributed by atoms with van der Waals surface area (Å²) in [5.74, 6) is 0. The molecule has 2 aromatic rings. The van der Waals surface area contributed by atoms with E-state index in [0.29, 0.717) is 5.06 Å². The van der Waals surface area contributed by atoms with E-state index >= 15 is 0 Å². The van der Waals surface area contributed by atoms with Crippen LogP contribution in [0.15, 0.2) is 29.0 Å². The van der Waals surface area contributed by atoms with Crippen LogP contribution in [0, 0.1) is 6.92 Å². The molecule has 0 radical (unpaired) electrons. The molecule has 2 aromatic heterocycles. The molecule has 0 spiro atoms. The van der Waals surface area contributed by atoms with Crippen LogP contribution >= 0.6 is 22.7 Å². The van der Waals surface area contributed by atoms with E-state index in [1.165, 1.54) is 27.6 Å². The van der Waals surface area contributed by atoms with Crippen LogP contribution in [0.1, 0.15) is 5.56 Å². The molecule has 0 aromatic carbocycles. The van der Waals surface area contributed by atoms with E-state index < -0.39 is 0 Å². The summed E-state index contributed by atoms with van der Waals surface area (Å²) in [5.41, 5.74) is 0.984. The minimum atomic E-state index is -0.354. The van der Waals surface area contributed by atoms with E-state index in [4.69, 9.17) is 4.74 Å². The maximum absolute atomic E-state index is 11.8. The minimum Gasteiger partial charge on any atom is -0.399 e. The summed E-state index contributed by atoms with van der Waals surface area (Å²) in [7, 11) is 1.71. The van der Waals surface area contributed by atoms with Crippen molar-refractivity contribution in [2.24, 2.45) is 0 Å². The summed E-state index contributed by atoms with van der Waals surface area (Å²) in [4.78, 5) is 13.3. The van der Waals surface area contributed by atoms with Crippen molar-refractivity contribution in [3.05, 3.63) is 34.5 Å². The van der Waals surface area contributed by atoms with Gasteiger partial charge in [-0.25, -0.2) is 4.79 Å². The van der Waals surface area contributed by atoms with E-state index in [9.17, 15) is 4.79 Å². The molecule has 0 saturated carbocycles. The first kappa shape index (κ1) is 11.2. The van der Waals surface area contributed by atoms with Gasteiger partial charge in [-0.3, -0.25) is 4.90 Å². The van der Waals surface area contributed by atoms with Gasteiger partial charge in [0.1, 0.15) is 5.00 Å². The molecule has 0 aliphatic heterocycles. The molecule has 0 aliphatic carbocycles. The van der Waals surface area contributed by atoms with Gasteiger partial charge in [0.25, 0.3) is 0 Å². The van der Waals surface area contributed by atoms with Gasteiger partial charge in [-0.15, -0.1) is 22.7 Å². The highest BCUT2D eigenvalue weighted by molar-refractivity contribution is 7.14. The Labute approximate surface area is 102 Å². The summed E-state index contributed by atoms with van der Waals surface area (Å²) < 4.78 is 5.28. The number of carbonyl (C=O) groups excluding carboxylic acids is 1. The first-order valence-corrected chi connectivity index (χ1v) is 6.47. The van der Waals surface area contributed by atoms with Crippen LogP contribution in [-0.2, 0) is 0 Å². The average molecular weight is 253 g/mol. The third-order valence-electron chi connectivity index (χ3n) is 2.11. The Kier molecular flexibility index (Phi) is 3.26. The number of thiophene rings is 2. The van der Waals surface area contributed by atoms with E-state index in [-0.39, 0.29) is 6.09 Å². The van der Waals surface area contributed by atoms with E-state index in [1.54, 1.807) is 7.05 Å². The van der Waals surface area contributed by atoms with Crippen molar-refractivity contribution in [1.82, 2.24) is 0 Å². The van der Waals surface area contributed by atoms with Gasteiger partial charge in [-0.2, -0.15) is 0 Å². The smallest absolute Gasteiger partial charge is 0.399 e. The topological polar surface area (TPSA) is 29.5 Å². The molecule has 0 fully saturated rings. The predicted octanol–water partition coefficient (Wildman–Crippen LogP) is 3.75. The van der Waals surface area contributed by atoms with E-state index in [0.717, 1.165) is 10.6 Å². The second-order valence-electron chi connectivity index (χ2n) is 3.27. The van der Waals surface area contributed by atoms with Crippen LogP contribution < -0.4 is 9.64 Å². The highest BCUT2D eigenvalue weighted by Crippen LogP contribution is 2.27. The molecular weight excluding hydrogens is 242 g/mol. The first-order valence-electron chi connectivity index (χ1n) is 4.71. The molecule has 16 heavy (non-hydrogen) atoms. The van der Waals surface area contributed by atoms with Crippen molar-refractivity contribution in [2.45, 2.75) is 6.92 Å². The second kappa shape index (κ2) is 4.67. The SMILES string of the molecule is Cc1ccsc1OC(=O)N(C)c1cccs1. The van der Waals surface area contributed by atoms with Crippen LogP contribution in [0.25, 0.3) is 0 Å². The number of hydrogen-bond acceptors (Lipinski definition) is 4. The fraction of sp³-hybridized carbons (Fsp3) is 0.182. The maximum atomic E-state index is 11.8. The molecule has 84 valence electrons. The summed E-state index contributed by atoms with van der Waals surface area (Å²) in [6.45, 7) is 1.92. The number of anilines is 1. The van der Waals surface area contributed by atoms with Crippen LogP contribution in [0.4, 0.5) is 9.80 Å². The third-order valence-corrected chi connectivity index (χ3v) is 3.94. The molecule has 2 heterocycles. The lowest BCUT2D eigenvalue weighted by Crippen LogP contribution is -2.28. The fourth-order valence-corrected chi connectivity index (χ4v) is 2.62. The minimum absolute atomic E-state index is 0.354. The molecule has 0 unspecified atom stereocenters. The van der Waals surface area contributed by atoms with E-state index in [2.05, 4.69) is 0 Å². The first-order chi connectivity index (χ1) is 7.68. The van der Waals surface area contributed by atoms with Crippen LogP contribution in [0.2, 0.25) is 0 Å². The Morgan fingerprint density at radius 3 is 2.69 bits per heavy atom. The second-order valence-corrected chi connectivity index (χ2v) is 5.07. The molecule has 0 saturated heterocycles. The van der Waals surface area contributed by atoms with Gasteiger partial charge in [0.2, 0.25) is 0 Å². The molecule has 5 heteroatoms. The normalized spacial score (nSPS) is 10.1. The maximum Gasteiger partial charge on any atom is 0.420 e. The average Bonchev–Trinajstić information content (AvgIpc) is 2.89. The van der Waals surface area contributed by atoms with Crippen molar-refractivity contribution < 1.29 is 9.53 Å². The lowest BCUT2D eigenvalue weighted by molar-refractivity contribution is 0.210. The molecule has 3 nitrogen and oxygen atoms in total. The van der Waals surface area contributed by atoms with Crippen LogP contribution in [-0.4, -0.2) is 13.1 Å². The lowest BCUT2D eigenvalue weighted by atomic mass is 10.4. The monoisotopic (exact) mass is 253 g/mol. The van der Waals surface area contributed by atoms with Gasteiger partial charge in [0.05, 0.1) is 0 Å². The standard InChI is InChI=1S/C11H11NO2S2/c1-8-5-7-16-10(8)14-11(13)12(2)9-4-3-6-15-9/h3-7H,1-2H3. The number of aryl methyl sites for hydroxylation is 1. The highest BCUT2D eigenvalue weighted by atomic mass is 32.1. The van der Waals surface area contributed by atoms with Crippen molar-refractivity contribution in [1.29, 1.82) is 0 Å². The quantitative estimate of drug-likeness (QED) is 0.815.